The maximum absolute atomic E-state index is 12.9. The zero-order valence-electron chi connectivity index (χ0n) is 14.4. The van der Waals surface area contributed by atoms with Crippen LogP contribution in [0.1, 0.15) is 25.3 Å². The molecule has 1 saturated heterocycles. The van der Waals surface area contributed by atoms with Crippen molar-refractivity contribution in [2.75, 3.05) is 25.2 Å². The lowest BCUT2D eigenvalue weighted by atomic mass is 10.0. The van der Waals surface area contributed by atoms with Gasteiger partial charge in [-0.25, -0.2) is 16.8 Å². The first-order valence-electron chi connectivity index (χ1n) is 7.91. The summed E-state index contributed by atoms with van der Waals surface area (Å²) >= 11 is 0. The number of hydrogen-bond donors (Lipinski definition) is 1. The first-order chi connectivity index (χ1) is 11.6. The molecule has 0 aromatic heterocycles. The molecule has 0 spiro atoms. The Morgan fingerprint density at radius 2 is 1.84 bits per heavy atom. The van der Waals surface area contributed by atoms with Crippen LogP contribution in [0.25, 0.3) is 0 Å². The zero-order chi connectivity index (χ0) is 18.8. The van der Waals surface area contributed by atoms with E-state index in [-0.39, 0.29) is 23.1 Å². The quantitative estimate of drug-likeness (QED) is 0.707. The minimum atomic E-state index is -3.85. The van der Waals surface area contributed by atoms with Gasteiger partial charge in [-0.3, -0.25) is 4.79 Å². The average Bonchev–Trinajstić information content (AvgIpc) is 2.88. The number of benzene rings is 1. The van der Waals surface area contributed by atoms with E-state index in [1.807, 2.05) is 13.8 Å². The fourth-order valence-corrected chi connectivity index (χ4v) is 7.53. The van der Waals surface area contributed by atoms with Crippen molar-refractivity contribution in [3.05, 3.63) is 29.8 Å². The van der Waals surface area contributed by atoms with Crippen LogP contribution in [0.2, 0.25) is 0 Å². The molecule has 25 heavy (non-hydrogen) atoms. The van der Waals surface area contributed by atoms with Crippen LogP contribution in [0, 0.1) is 0 Å². The second-order valence-electron chi connectivity index (χ2n) is 6.45. The van der Waals surface area contributed by atoms with Crippen molar-refractivity contribution in [2.45, 2.75) is 36.0 Å². The molecular weight excluding hydrogens is 366 g/mol. The molecule has 7 nitrogen and oxygen atoms in total. The number of methoxy groups -OCH3 is 1. The van der Waals surface area contributed by atoms with Gasteiger partial charge in [0.05, 0.1) is 35.3 Å². The van der Waals surface area contributed by atoms with E-state index in [0.717, 1.165) is 5.56 Å². The van der Waals surface area contributed by atoms with Crippen LogP contribution in [0.15, 0.2) is 29.2 Å². The highest BCUT2D eigenvalue weighted by atomic mass is 32.2. The average molecular weight is 389 g/mol. The van der Waals surface area contributed by atoms with Gasteiger partial charge in [-0.15, -0.1) is 0 Å². The molecule has 0 amide bonds. The molecule has 0 saturated carbocycles. The summed E-state index contributed by atoms with van der Waals surface area (Å²) in [5.41, 5.74) is 0.998. The van der Waals surface area contributed by atoms with E-state index in [4.69, 9.17) is 0 Å². The molecule has 0 radical (unpaired) electrons. The summed E-state index contributed by atoms with van der Waals surface area (Å²) in [6.45, 7) is 3.76. The third-order valence-corrected chi connectivity index (χ3v) is 8.48. The van der Waals surface area contributed by atoms with Crippen molar-refractivity contribution in [1.29, 1.82) is 0 Å². The maximum atomic E-state index is 12.9. The van der Waals surface area contributed by atoms with E-state index in [2.05, 4.69) is 10.1 Å². The fourth-order valence-electron chi connectivity index (χ4n) is 2.82. The van der Waals surface area contributed by atoms with Crippen molar-refractivity contribution >= 4 is 25.6 Å². The van der Waals surface area contributed by atoms with Gasteiger partial charge >= 0.3 is 5.97 Å². The minimum absolute atomic E-state index is 0.0869. The van der Waals surface area contributed by atoms with Gasteiger partial charge in [0.2, 0.25) is 0 Å². The minimum Gasteiger partial charge on any atom is -0.468 e. The van der Waals surface area contributed by atoms with Gasteiger partial charge in [0.25, 0.3) is 0 Å². The molecule has 1 aliphatic heterocycles. The number of carbonyl (C=O) groups is 1. The largest absolute Gasteiger partial charge is 0.468 e. The Morgan fingerprint density at radius 1 is 1.24 bits per heavy atom. The van der Waals surface area contributed by atoms with Gasteiger partial charge in [0, 0.05) is 6.04 Å². The van der Waals surface area contributed by atoms with Gasteiger partial charge < -0.3 is 10.1 Å². The monoisotopic (exact) mass is 389 g/mol. The van der Waals surface area contributed by atoms with Crippen molar-refractivity contribution in [3.8, 4) is 0 Å². The predicted molar refractivity (Wildman–Crippen MR) is 94.0 cm³/mol. The van der Waals surface area contributed by atoms with Crippen LogP contribution in [0.4, 0.5) is 0 Å². The highest BCUT2D eigenvalue weighted by molar-refractivity contribution is 7.96. The lowest BCUT2D eigenvalue weighted by Gasteiger charge is -2.19. The van der Waals surface area contributed by atoms with E-state index in [1.54, 1.807) is 12.1 Å². The SMILES string of the molecule is COC(=O)CN[C@H]1CS(=O)(=O)C[C@@H]1S(=O)(=O)c1ccc(C(C)C)cc1. The topological polar surface area (TPSA) is 107 Å². The number of hydrogen-bond acceptors (Lipinski definition) is 7. The van der Waals surface area contributed by atoms with E-state index in [1.165, 1.54) is 19.2 Å². The van der Waals surface area contributed by atoms with Crippen molar-refractivity contribution in [1.82, 2.24) is 5.32 Å². The third-order valence-electron chi connectivity index (χ3n) is 4.31. The molecule has 9 heteroatoms. The molecule has 2 rings (SSSR count). The summed E-state index contributed by atoms with van der Waals surface area (Å²) in [4.78, 5) is 11.4. The number of ether oxygens (including phenoxy) is 1. The summed E-state index contributed by atoms with van der Waals surface area (Å²) in [5.74, 6) is -1.10. The van der Waals surface area contributed by atoms with Gasteiger partial charge in [-0.05, 0) is 23.6 Å². The smallest absolute Gasteiger partial charge is 0.319 e. The lowest BCUT2D eigenvalue weighted by Crippen LogP contribution is -2.45. The maximum Gasteiger partial charge on any atom is 0.319 e. The Kier molecular flexibility index (Phi) is 5.90. The highest BCUT2D eigenvalue weighted by Crippen LogP contribution is 2.27. The molecule has 1 aromatic rings. The van der Waals surface area contributed by atoms with E-state index < -0.39 is 42.7 Å². The summed E-state index contributed by atoms with van der Waals surface area (Å²) < 4.78 is 54.3. The van der Waals surface area contributed by atoms with Crippen LogP contribution in [0.5, 0.6) is 0 Å². The van der Waals surface area contributed by atoms with Crippen LogP contribution < -0.4 is 5.32 Å². The second-order valence-corrected chi connectivity index (χ2v) is 10.8. The molecule has 2 atom stereocenters. The first-order valence-corrected chi connectivity index (χ1v) is 11.3. The predicted octanol–water partition coefficient (Wildman–Crippen LogP) is 0.512. The summed E-state index contributed by atoms with van der Waals surface area (Å²) in [7, 11) is -6.15. The molecule has 0 bridgehead atoms. The number of esters is 1. The Bertz CT molecular complexity index is 828. The van der Waals surface area contributed by atoms with Crippen LogP contribution in [-0.4, -0.2) is 59.3 Å². The van der Waals surface area contributed by atoms with E-state index >= 15 is 0 Å². The first kappa shape index (κ1) is 19.9. The summed E-state index contributed by atoms with van der Waals surface area (Å²) in [6.07, 6.45) is 0. The standard InChI is InChI=1S/C16H23NO6S2/c1-11(2)12-4-6-13(7-5-12)25(21,22)15-10-24(19,20)9-14(15)17-8-16(18)23-3/h4-7,11,14-15,17H,8-10H2,1-3H3/t14-,15-/m0/s1. The van der Waals surface area contributed by atoms with Crippen LogP contribution in [0.3, 0.4) is 0 Å². The van der Waals surface area contributed by atoms with Gasteiger partial charge in [-0.2, -0.15) is 0 Å². The summed E-state index contributed by atoms with van der Waals surface area (Å²) in [5, 5.41) is 1.58. The van der Waals surface area contributed by atoms with Gasteiger partial charge in [0.1, 0.15) is 0 Å². The molecule has 1 aromatic carbocycles. The molecular formula is C16H23NO6S2. The van der Waals surface area contributed by atoms with Gasteiger partial charge in [-0.1, -0.05) is 26.0 Å². The lowest BCUT2D eigenvalue weighted by molar-refractivity contribution is -0.139. The van der Waals surface area contributed by atoms with Gasteiger partial charge in [0.15, 0.2) is 19.7 Å². The molecule has 1 heterocycles. The number of carbonyl (C=O) groups excluding carboxylic acids is 1. The number of rotatable bonds is 6. The van der Waals surface area contributed by atoms with Crippen LogP contribution in [-0.2, 0) is 29.2 Å². The van der Waals surface area contributed by atoms with Crippen molar-refractivity contribution in [2.24, 2.45) is 0 Å². The third kappa shape index (κ3) is 4.59. The Labute approximate surface area is 148 Å². The van der Waals surface area contributed by atoms with Crippen LogP contribution >= 0.6 is 0 Å². The molecule has 140 valence electrons. The molecule has 0 unspecified atom stereocenters. The Morgan fingerprint density at radius 3 is 2.36 bits per heavy atom. The Balaban J connectivity index is 2.29. The normalized spacial score (nSPS) is 22.9. The molecule has 1 aliphatic rings. The number of sulfone groups is 2. The van der Waals surface area contributed by atoms with Crippen molar-refractivity contribution in [3.63, 3.8) is 0 Å². The summed E-state index contributed by atoms with van der Waals surface area (Å²) in [6, 6.07) is 5.63. The van der Waals surface area contributed by atoms with E-state index in [9.17, 15) is 21.6 Å². The highest BCUT2D eigenvalue weighted by Gasteiger charge is 2.45. The molecule has 1 fully saturated rings. The number of nitrogens with one attached hydrogen (secondary N) is 1. The molecule has 1 N–H and O–H groups in total. The van der Waals surface area contributed by atoms with E-state index in [0.29, 0.717) is 0 Å². The molecule has 0 aliphatic carbocycles. The van der Waals surface area contributed by atoms with Crippen molar-refractivity contribution < 1.29 is 26.4 Å². The fraction of sp³-hybridized carbons (Fsp3) is 0.562. The second kappa shape index (κ2) is 7.43. The Hall–Kier alpha value is -1.45. The zero-order valence-corrected chi connectivity index (χ0v) is 16.1.